The zero-order valence-electron chi connectivity index (χ0n) is 14.8. The Kier molecular flexibility index (Phi) is 4.05. The van der Waals surface area contributed by atoms with Crippen molar-refractivity contribution < 1.29 is 8.91 Å². The maximum absolute atomic E-state index is 14.0. The molecule has 0 unspecified atom stereocenters. The average molecular weight is 373 g/mol. The van der Waals surface area contributed by atoms with Crippen LogP contribution < -0.4 is 5.32 Å². The topological polar surface area (TPSA) is 76.7 Å². The van der Waals surface area contributed by atoms with Gasteiger partial charge < -0.3 is 9.84 Å². The van der Waals surface area contributed by atoms with Gasteiger partial charge in [-0.3, -0.25) is 0 Å². The SMILES string of the molecule is Fc1ccccc1-c1noc(-c2cncnc2N[C@@H]2CCc3ccccc32)n1. The van der Waals surface area contributed by atoms with Gasteiger partial charge >= 0.3 is 0 Å². The lowest BCUT2D eigenvalue weighted by Gasteiger charge is -2.15. The molecule has 1 aliphatic rings. The fourth-order valence-electron chi connectivity index (χ4n) is 3.56. The number of aromatic nitrogens is 4. The fourth-order valence-corrected chi connectivity index (χ4v) is 3.56. The molecular formula is C21H16FN5O. The van der Waals surface area contributed by atoms with Gasteiger partial charge in [0.2, 0.25) is 5.82 Å². The Bertz CT molecular complexity index is 1140. The number of halogens is 1. The first kappa shape index (κ1) is 16.6. The largest absolute Gasteiger partial charge is 0.362 e. The first-order valence-electron chi connectivity index (χ1n) is 9.03. The third-order valence-electron chi connectivity index (χ3n) is 4.93. The van der Waals surface area contributed by atoms with Crippen LogP contribution in [0.4, 0.5) is 10.2 Å². The second kappa shape index (κ2) is 6.84. The van der Waals surface area contributed by atoms with Crippen LogP contribution in [0.5, 0.6) is 0 Å². The summed E-state index contributed by atoms with van der Waals surface area (Å²) < 4.78 is 19.4. The molecule has 1 N–H and O–H groups in total. The summed E-state index contributed by atoms with van der Waals surface area (Å²) in [6.45, 7) is 0. The molecular weight excluding hydrogens is 357 g/mol. The molecule has 7 heteroatoms. The van der Waals surface area contributed by atoms with Crippen molar-refractivity contribution in [3.8, 4) is 22.8 Å². The van der Waals surface area contributed by atoms with Gasteiger partial charge in [0.05, 0.1) is 11.6 Å². The Morgan fingerprint density at radius 3 is 2.82 bits per heavy atom. The highest BCUT2D eigenvalue weighted by Gasteiger charge is 2.24. The Morgan fingerprint density at radius 1 is 1.04 bits per heavy atom. The molecule has 138 valence electrons. The summed E-state index contributed by atoms with van der Waals surface area (Å²) in [5.41, 5.74) is 3.48. The monoisotopic (exact) mass is 373 g/mol. The number of hydrogen-bond donors (Lipinski definition) is 1. The van der Waals surface area contributed by atoms with Crippen LogP contribution in [-0.2, 0) is 6.42 Å². The summed E-state index contributed by atoms with van der Waals surface area (Å²) in [5, 5.41) is 7.39. The molecule has 0 amide bonds. The summed E-state index contributed by atoms with van der Waals surface area (Å²) in [7, 11) is 0. The molecule has 2 aromatic heterocycles. The molecule has 28 heavy (non-hydrogen) atoms. The van der Waals surface area contributed by atoms with Crippen LogP contribution in [0.1, 0.15) is 23.6 Å². The molecule has 0 aliphatic heterocycles. The summed E-state index contributed by atoms with van der Waals surface area (Å²) in [6, 6.07) is 14.8. The van der Waals surface area contributed by atoms with Gasteiger partial charge in [0, 0.05) is 6.20 Å². The van der Waals surface area contributed by atoms with Crippen LogP contribution >= 0.6 is 0 Å². The highest BCUT2D eigenvalue weighted by molar-refractivity contribution is 5.70. The van der Waals surface area contributed by atoms with E-state index in [1.54, 1.807) is 24.4 Å². The van der Waals surface area contributed by atoms with Gasteiger partial charge in [-0.15, -0.1) is 0 Å². The van der Waals surface area contributed by atoms with E-state index in [1.807, 2.05) is 6.07 Å². The predicted octanol–water partition coefficient (Wildman–Crippen LogP) is 4.43. The van der Waals surface area contributed by atoms with Gasteiger partial charge in [-0.05, 0) is 36.1 Å². The highest BCUT2D eigenvalue weighted by atomic mass is 19.1. The fraction of sp³-hybridized carbons (Fsp3) is 0.143. The van der Waals surface area contributed by atoms with Crippen molar-refractivity contribution in [3.05, 3.63) is 78.0 Å². The highest BCUT2D eigenvalue weighted by Crippen LogP contribution is 2.35. The zero-order chi connectivity index (χ0) is 18.9. The number of anilines is 1. The van der Waals surface area contributed by atoms with Gasteiger partial charge in [0.15, 0.2) is 0 Å². The lowest BCUT2D eigenvalue weighted by atomic mass is 10.1. The first-order valence-corrected chi connectivity index (χ1v) is 9.03. The van der Waals surface area contributed by atoms with Gasteiger partial charge in [0.25, 0.3) is 5.89 Å². The second-order valence-electron chi connectivity index (χ2n) is 6.62. The van der Waals surface area contributed by atoms with Crippen LogP contribution in [0, 0.1) is 5.82 Å². The van der Waals surface area contributed by atoms with Crippen LogP contribution in [0.3, 0.4) is 0 Å². The lowest BCUT2D eigenvalue weighted by molar-refractivity contribution is 0.431. The minimum absolute atomic E-state index is 0.152. The summed E-state index contributed by atoms with van der Waals surface area (Å²) in [4.78, 5) is 12.8. The number of aryl methyl sites for hydroxylation is 1. The van der Waals surface area contributed by atoms with Gasteiger partial charge in [-0.25, -0.2) is 14.4 Å². The lowest BCUT2D eigenvalue weighted by Crippen LogP contribution is -2.09. The molecule has 1 aliphatic carbocycles. The molecule has 2 heterocycles. The van der Waals surface area contributed by atoms with Crippen LogP contribution in [0.25, 0.3) is 22.8 Å². The smallest absolute Gasteiger partial charge is 0.263 e. The number of nitrogens with one attached hydrogen (secondary N) is 1. The molecule has 4 aromatic rings. The number of nitrogens with zero attached hydrogens (tertiary/aromatic N) is 4. The normalized spacial score (nSPS) is 15.4. The van der Waals surface area contributed by atoms with E-state index in [4.69, 9.17) is 4.52 Å². The molecule has 6 nitrogen and oxygen atoms in total. The number of rotatable bonds is 4. The predicted molar refractivity (Wildman–Crippen MR) is 102 cm³/mol. The van der Waals surface area contributed by atoms with Gasteiger partial charge in [-0.2, -0.15) is 4.98 Å². The molecule has 0 bridgehead atoms. The molecule has 0 radical (unpaired) electrons. The van der Waals surface area contributed by atoms with E-state index in [0.717, 1.165) is 12.8 Å². The van der Waals surface area contributed by atoms with Crippen LogP contribution in [0.2, 0.25) is 0 Å². The van der Waals surface area contributed by atoms with Crippen molar-refractivity contribution in [1.29, 1.82) is 0 Å². The summed E-state index contributed by atoms with van der Waals surface area (Å²) in [6.07, 6.45) is 5.09. The summed E-state index contributed by atoms with van der Waals surface area (Å²) >= 11 is 0. The van der Waals surface area contributed by atoms with E-state index < -0.39 is 5.82 Å². The Hall–Kier alpha value is -3.61. The van der Waals surface area contributed by atoms with Gasteiger partial charge in [-0.1, -0.05) is 41.6 Å². The molecule has 0 spiro atoms. The molecule has 0 saturated carbocycles. The van der Waals surface area contributed by atoms with Crippen LogP contribution in [0.15, 0.2) is 65.6 Å². The molecule has 2 aromatic carbocycles. The first-order chi connectivity index (χ1) is 13.8. The molecule has 0 fully saturated rings. The average Bonchev–Trinajstić information content (AvgIpc) is 3.37. The second-order valence-corrected chi connectivity index (χ2v) is 6.62. The van der Waals surface area contributed by atoms with Crippen molar-refractivity contribution in [2.24, 2.45) is 0 Å². The van der Waals surface area contributed by atoms with E-state index in [9.17, 15) is 4.39 Å². The molecule has 5 rings (SSSR count). The van der Waals surface area contributed by atoms with Gasteiger partial charge in [0.1, 0.15) is 23.5 Å². The third kappa shape index (κ3) is 2.90. The maximum atomic E-state index is 14.0. The maximum Gasteiger partial charge on any atom is 0.263 e. The zero-order valence-corrected chi connectivity index (χ0v) is 14.8. The van der Waals surface area contributed by atoms with Crippen molar-refractivity contribution in [2.45, 2.75) is 18.9 Å². The number of benzene rings is 2. The minimum atomic E-state index is -0.403. The van der Waals surface area contributed by atoms with E-state index in [0.29, 0.717) is 11.4 Å². The van der Waals surface area contributed by atoms with Crippen molar-refractivity contribution in [3.63, 3.8) is 0 Å². The quantitative estimate of drug-likeness (QED) is 0.570. The Balaban J connectivity index is 1.48. The van der Waals surface area contributed by atoms with E-state index in [2.05, 4.69) is 43.6 Å². The van der Waals surface area contributed by atoms with E-state index in [1.165, 1.54) is 23.5 Å². The van der Waals surface area contributed by atoms with Crippen LogP contribution in [-0.4, -0.2) is 20.1 Å². The van der Waals surface area contributed by atoms with Crippen molar-refractivity contribution in [1.82, 2.24) is 20.1 Å². The minimum Gasteiger partial charge on any atom is -0.362 e. The Morgan fingerprint density at radius 2 is 1.89 bits per heavy atom. The van der Waals surface area contributed by atoms with Crippen molar-refractivity contribution >= 4 is 5.82 Å². The number of hydrogen-bond acceptors (Lipinski definition) is 6. The standard InChI is InChI=1S/C21H16FN5O/c22-17-8-4-3-7-15(17)20-26-21(28-27-20)16-11-23-12-24-19(16)25-18-10-9-13-5-1-2-6-14(13)18/h1-8,11-12,18H,9-10H2,(H,23,24,25)/t18-/m1/s1. The number of fused-ring (bicyclic) bond motifs is 1. The van der Waals surface area contributed by atoms with E-state index in [-0.39, 0.29) is 23.3 Å². The van der Waals surface area contributed by atoms with Crippen molar-refractivity contribution in [2.75, 3.05) is 5.32 Å². The molecule has 1 atom stereocenters. The Labute approximate surface area is 160 Å². The summed E-state index contributed by atoms with van der Waals surface area (Å²) in [5.74, 6) is 0.641. The molecule has 0 saturated heterocycles. The third-order valence-corrected chi connectivity index (χ3v) is 4.93. The van der Waals surface area contributed by atoms with E-state index >= 15 is 0 Å².